The number of para-hydroxylation sites is 3. The Bertz CT molecular complexity index is 1800. The van der Waals surface area contributed by atoms with Gasteiger partial charge in [0.2, 0.25) is 0 Å². The molecule has 0 unspecified atom stereocenters. The van der Waals surface area contributed by atoms with Gasteiger partial charge in [0, 0.05) is 17.3 Å². The number of aromatic nitrogens is 4. The molecule has 0 bridgehead atoms. The first-order valence-electron chi connectivity index (χ1n) is 11.4. The Labute approximate surface area is 205 Å². The molecule has 6 aromatic rings. The summed E-state index contributed by atoms with van der Waals surface area (Å²) in [6, 6.07) is 23.7. The molecule has 0 saturated carbocycles. The molecule has 7 heteroatoms. The minimum atomic E-state index is -0.0690. The summed E-state index contributed by atoms with van der Waals surface area (Å²) in [6.45, 7) is 4.63. The second kappa shape index (κ2) is 8.52. The third-order valence-corrected chi connectivity index (χ3v) is 6.93. The maximum atomic E-state index is 13.4. The number of hydrogen-bond acceptors (Lipinski definition) is 5. The zero-order valence-corrected chi connectivity index (χ0v) is 20.1. The number of rotatable bonds is 5. The monoisotopic (exact) mass is 478 g/mol. The molecular formula is C28H22N4O2S. The predicted molar refractivity (Wildman–Crippen MR) is 141 cm³/mol. The largest absolute Gasteiger partial charge is 0.494 e. The van der Waals surface area contributed by atoms with Crippen molar-refractivity contribution in [3.8, 4) is 22.7 Å². The molecule has 0 N–H and O–H groups in total. The van der Waals surface area contributed by atoms with E-state index in [-0.39, 0.29) is 5.56 Å². The molecule has 6 nitrogen and oxygen atoms in total. The van der Waals surface area contributed by atoms with Crippen LogP contribution in [0.4, 0.5) is 0 Å². The number of thiazole rings is 1. The smallest absolute Gasteiger partial charge is 0.274 e. The van der Waals surface area contributed by atoms with Gasteiger partial charge in [-0.05, 0) is 68.0 Å². The zero-order chi connectivity index (χ0) is 23.9. The molecule has 0 aliphatic heterocycles. The Morgan fingerprint density at radius 1 is 1.03 bits per heavy atom. The van der Waals surface area contributed by atoms with Crippen LogP contribution >= 0.6 is 11.3 Å². The van der Waals surface area contributed by atoms with Gasteiger partial charge in [-0.15, -0.1) is 0 Å². The van der Waals surface area contributed by atoms with Crippen molar-refractivity contribution in [2.45, 2.75) is 13.8 Å². The first-order chi connectivity index (χ1) is 17.1. The number of ether oxygens (including phenoxy) is 1. The Morgan fingerprint density at radius 2 is 1.83 bits per heavy atom. The SMILES string of the molecule is CCOc1ccc(-c2nn(-c3ccccc3)cc2/C=c2\sc3nc4ccccc4n3c2=O)c(C)c1. The highest BCUT2D eigenvalue weighted by atomic mass is 32.1. The molecule has 6 rings (SSSR count). The first-order valence-corrected chi connectivity index (χ1v) is 12.2. The highest BCUT2D eigenvalue weighted by Gasteiger charge is 2.16. The molecule has 3 aromatic carbocycles. The molecule has 0 atom stereocenters. The van der Waals surface area contributed by atoms with Gasteiger partial charge in [-0.25, -0.2) is 14.1 Å². The van der Waals surface area contributed by atoms with E-state index in [1.807, 2.05) is 104 Å². The van der Waals surface area contributed by atoms with E-state index in [4.69, 9.17) is 9.84 Å². The zero-order valence-electron chi connectivity index (χ0n) is 19.3. The lowest BCUT2D eigenvalue weighted by Crippen LogP contribution is -2.22. The number of hydrogen-bond donors (Lipinski definition) is 0. The predicted octanol–water partition coefficient (Wildman–Crippen LogP) is 5.02. The summed E-state index contributed by atoms with van der Waals surface area (Å²) in [4.78, 5) is 18.7. The van der Waals surface area contributed by atoms with Crippen LogP contribution in [0.5, 0.6) is 5.75 Å². The van der Waals surface area contributed by atoms with Gasteiger partial charge in [0.15, 0.2) is 4.96 Å². The van der Waals surface area contributed by atoms with E-state index in [2.05, 4.69) is 4.98 Å². The van der Waals surface area contributed by atoms with Crippen molar-refractivity contribution in [3.05, 3.63) is 105 Å². The summed E-state index contributed by atoms with van der Waals surface area (Å²) in [5.41, 5.74) is 6.26. The molecule has 0 amide bonds. The van der Waals surface area contributed by atoms with E-state index in [0.29, 0.717) is 16.1 Å². The molecule has 0 spiro atoms. The van der Waals surface area contributed by atoms with Crippen molar-refractivity contribution >= 4 is 33.4 Å². The summed E-state index contributed by atoms with van der Waals surface area (Å²) in [5.74, 6) is 0.829. The third kappa shape index (κ3) is 3.70. The summed E-state index contributed by atoms with van der Waals surface area (Å²) < 4.78 is 9.84. The van der Waals surface area contributed by atoms with Crippen molar-refractivity contribution in [1.29, 1.82) is 0 Å². The van der Waals surface area contributed by atoms with Crippen LogP contribution in [-0.4, -0.2) is 25.8 Å². The van der Waals surface area contributed by atoms with Crippen molar-refractivity contribution in [3.63, 3.8) is 0 Å². The molecule has 3 heterocycles. The van der Waals surface area contributed by atoms with E-state index in [1.165, 1.54) is 11.3 Å². The molecule has 0 fully saturated rings. The fourth-order valence-corrected chi connectivity index (χ4v) is 5.30. The van der Waals surface area contributed by atoms with Crippen LogP contribution in [0.25, 0.3) is 39.0 Å². The quantitative estimate of drug-likeness (QED) is 0.349. The second-order valence-corrected chi connectivity index (χ2v) is 9.27. The van der Waals surface area contributed by atoms with Crippen LogP contribution in [0, 0.1) is 6.92 Å². The van der Waals surface area contributed by atoms with E-state index in [9.17, 15) is 4.79 Å². The highest BCUT2D eigenvalue weighted by Crippen LogP contribution is 2.30. The molecular weight excluding hydrogens is 456 g/mol. The van der Waals surface area contributed by atoms with Gasteiger partial charge in [0.1, 0.15) is 11.4 Å². The minimum Gasteiger partial charge on any atom is -0.494 e. The third-order valence-electron chi connectivity index (χ3n) is 5.96. The molecule has 0 radical (unpaired) electrons. The van der Waals surface area contributed by atoms with Crippen molar-refractivity contribution in [2.24, 2.45) is 0 Å². The fourth-order valence-electron chi connectivity index (χ4n) is 4.33. The molecule has 3 aromatic heterocycles. The van der Waals surface area contributed by atoms with Crippen LogP contribution in [0.15, 0.2) is 83.8 Å². The number of aryl methyl sites for hydroxylation is 1. The van der Waals surface area contributed by atoms with Gasteiger partial charge < -0.3 is 4.74 Å². The lowest BCUT2D eigenvalue weighted by Gasteiger charge is -2.08. The standard InChI is InChI=1S/C28H22N4O2S/c1-3-34-21-13-14-22(18(2)15-21)26-19(17-31(30-26)20-9-5-4-6-10-20)16-25-27(33)32-24-12-8-7-11-23(24)29-28(32)35-25/h4-17H,3H2,1-2H3/b25-16-. The number of imidazole rings is 1. The Kier molecular flexibility index (Phi) is 5.19. The van der Waals surface area contributed by atoms with E-state index in [0.717, 1.165) is 44.9 Å². The number of fused-ring (bicyclic) bond motifs is 3. The van der Waals surface area contributed by atoms with Crippen LogP contribution in [0.1, 0.15) is 18.1 Å². The molecule has 35 heavy (non-hydrogen) atoms. The summed E-state index contributed by atoms with van der Waals surface area (Å²) in [5, 5.41) is 4.93. The van der Waals surface area contributed by atoms with Gasteiger partial charge in [-0.1, -0.05) is 41.7 Å². The van der Waals surface area contributed by atoms with E-state index in [1.54, 1.807) is 4.40 Å². The van der Waals surface area contributed by atoms with Crippen LogP contribution in [0.2, 0.25) is 0 Å². The first kappa shape index (κ1) is 21.3. The molecule has 0 aliphatic carbocycles. The highest BCUT2D eigenvalue weighted by molar-refractivity contribution is 7.15. The second-order valence-electron chi connectivity index (χ2n) is 8.26. The Morgan fingerprint density at radius 3 is 2.63 bits per heavy atom. The summed E-state index contributed by atoms with van der Waals surface area (Å²) in [6.07, 6.45) is 3.90. The summed E-state index contributed by atoms with van der Waals surface area (Å²) >= 11 is 1.39. The summed E-state index contributed by atoms with van der Waals surface area (Å²) in [7, 11) is 0. The molecule has 172 valence electrons. The maximum Gasteiger partial charge on any atom is 0.274 e. The lowest BCUT2D eigenvalue weighted by atomic mass is 10.0. The molecule has 0 saturated heterocycles. The minimum absolute atomic E-state index is 0.0690. The Balaban J connectivity index is 1.56. The van der Waals surface area contributed by atoms with Crippen molar-refractivity contribution < 1.29 is 4.74 Å². The van der Waals surface area contributed by atoms with E-state index < -0.39 is 0 Å². The van der Waals surface area contributed by atoms with Gasteiger partial charge in [0.05, 0.1) is 27.9 Å². The van der Waals surface area contributed by atoms with Gasteiger partial charge in [-0.3, -0.25) is 4.79 Å². The topological polar surface area (TPSA) is 61.4 Å². The number of nitrogens with zero attached hydrogens (tertiary/aromatic N) is 4. The normalized spacial score (nSPS) is 12.1. The van der Waals surface area contributed by atoms with E-state index >= 15 is 0 Å². The van der Waals surface area contributed by atoms with Crippen molar-refractivity contribution in [2.75, 3.05) is 6.61 Å². The maximum absolute atomic E-state index is 13.4. The van der Waals surface area contributed by atoms with Gasteiger partial charge >= 0.3 is 0 Å². The molecule has 0 aliphatic rings. The lowest BCUT2D eigenvalue weighted by molar-refractivity contribution is 0.340. The van der Waals surface area contributed by atoms with Crippen LogP contribution < -0.4 is 14.8 Å². The van der Waals surface area contributed by atoms with Gasteiger partial charge in [-0.2, -0.15) is 5.10 Å². The van der Waals surface area contributed by atoms with Crippen LogP contribution in [-0.2, 0) is 0 Å². The average molecular weight is 479 g/mol. The van der Waals surface area contributed by atoms with Crippen LogP contribution in [0.3, 0.4) is 0 Å². The Hall–Kier alpha value is -4.23. The van der Waals surface area contributed by atoms with Crippen molar-refractivity contribution in [1.82, 2.24) is 19.2 Å². The van der Waals surface area contributed by atoms with Gasteiger partial charge in [0.25, 0.3) is 5.56 Å². The fraction of sp³-hybridized carbons (Fsp3) is 0.107. The number of benzene rings is 3. The average Bonchev–Trinajstić information content (AvgIpc) is 3.53.